The van der Waals surface area contributed by atoms with Crippen LogP contribution in [0.1, 0.15) is 0 Å². The average Bonchev–Trinajstić information content (AvgIpc) is 3.02. The standard InChI is InChI=1S/C33H23N4OP/c38-39(33-35-31(24-14-4-1-5-15-24)34-32(36-33)25-16-6-2-7-17-25)30-23-13-11-21-28(30)27-20-10-12-22-29(27)37(39)26-18-8-3-9-19-26/h1-23H. The van der Waals surface area contributed by atoms with Crippen LogP contribution in [0.15, 0.2) is 140 Å². The first-order valence-electron chi connectivity index (χ1n) is 12.8. The number of hydrogen-bond acceptors (Lipinski definition) is 4. The van der Waals surface area contributed by atoms with Gasteiger partial charge in [0.05, 0.1) is 5.69 Å². The Bertz CT molecular complexity index is 1790. The maximum absolute atomic E-state index is 15.9. The molecule has 0 bridgehead atoms. The van der Waals surface area contributed by atoms with Gasteiger partial charge in [-0.1, -0.05) is 115 Å². The van der Waals surface area contributed by atoms with E-state index in [2.05, 4.69) is 6.07 Å². The third-order valence-electron chi connectivity index (χ3n) is 6.89. The maximum Gasteiger partial charge on any atom is 0.270 e. The highest BCUT2D eigenvalue weighted by Gasteiger charge is 2.45. The summed E-state index contributed by atoms with van der Waals surface area (Å²) in [5.41, 5.74) is 5.53. The molecule has 1 atom stereocenters. The molecule has 7 rings (SSSR count). The molecule has 5 nitrogen and oxygen atoms in total. The molecule has 0 saturated carbocycles. The number of fused-ring (bicyclic) bond motifs is 3. The van der Waals surface area contributed by atoms with E-state index >= 15 is 4.57 Å². The van der Waals surface area contributed by atoms with Gasteiger partial charge in [0.1, 0.15) is 0 Å². The Hall–Kier alpha value is -4.86. The zero-order valence-corrected chi connectivity index (χ0v) is 21.8. The van der Waals surface area contributed by atoms with Gasteiger partial charge in [0.25, 0.3) is 7.29 Å². The van der Waals surface area contributed by atoms with Crippen molar-refractivity contribution in [3.63, 3.8) is 0 Å². The van der Waals surface area contributed by atoms with E-state index in [1.807, 2.05) is 138 Å². The number of nitrogens with zero attached hydrogens (tertiary/aromatic N) is 4. The van der Waals surface area contributed by atoms with Gasteiger partial charge >= 0.3 is 0 Å². The first-order valence-corrected chi connectivity index (χ1v) is 14.4. The predicted molar refractivity (Wildman–Crippen MR) is 158 cm³/mol. The van der Waals surface area contributed by atoms with Crippen LogP contribution in [0.3, 0.4) is 0 Å². The van der Waals surface area contributed by atoms with Crippen LogP contribution in [0, 0.1) is 0 Å². The lowest BCUT2D eigenvalue weighted by Crippen LogP contribution is -2.36. The van der Waals surface area contributed by atoms with Gasteiger partial charge in [-0.15, -0.1) is 0 Å². The van der Waals surface area contributed by atoms with Crippen molar-refractivity contribution in [2.24, 2.45) is 0 Å². The van der Waals surface area contributed by atoms with Gasteiger partial charge < -0.3 is 0 Å². The molecule has 186 valence electrons. The number of benzene rings is 5. The van der Waals surface area contributed by atoms with Gasteiger partial charge in [-0.3, -0.25) is 9.24 Å². The average molecular weight is 523 g/mol. The summed E-state index contributed by atoms with van der Waals surface area (Å²) >= 11 is 0. The lowest BCUT2D eigenvalue weighted by atomic mass is 10.0. The van der Waals surface area contributed by atoms with E-state index in [1.54, 1.807) is 0 Å². The summed E-state index contributed by atoms with van der Waals surface area (Å²) in [6.45, 7) is 0. The maximum atomic E-state index is 15.9. The summed E-state index contributed by atoms with van der Waals surface area (Å²) in [5, 5.41) is 0.705. The molecule has 1 aliphatic heterocycles. The number of aromatic nitrogens is 3. The largest absolute Gasteiger partial charge is 0.286 e. The summed E-state index contributed by atoms with van der Waals surface area (Å²) in [7, 11) is -3.64. The fraction of sp³-hybridized carbons (Fsp3) is 0. The van der Waals surface area contributed by atoms with Crippen molar-refractivity contribution in [3.8, 4) is 33.9 Å². The van der Waals surface area contributed by atoms with Gasteiger partial charge in [-0.05, 0) is 29.8 Å². The Morgan fingerprint density at radius 3 is 1.59 bits per heavy atom. The van der Waals surface area contributed by atoms with Crippen LogP contribution < -0.4 is 15.5 Å². The normalized spacial score (nSPS) is 15.8. The zero-order valence-electron chi connectivity index (χ0n) is 20.9. The fourth-order valence-corrected chi connectivity index (χ4v) is 7.93. The molecule has 0 fully saturated rings. The highest BCUT2D eigenvalue weighted by Crippen LogP contribution is 2.60. The fourth-order valence-electron chi connectivity index (χ4n) is 5.11. The molecule has 2 heterocycles. The quantitative estimate of drug-likeness (QED) is 0.228. The summed E-state index contributed by atoms with van der Waals surface area (Å²) < 4.78 is 17.8. The summed E-state index contributed by atoms with van der Waals surface area (Å²) in [6, 6.07) is 45.4. The molecular weight excluding hydrogens is 499 g/mol. The lowest BCUT2D eigenvalue weighted by Gasteiger charge is -2.39. The number of para-hydroxylation sites is 2. The van der Waals surface area contributed by atoms with Crippen molar-refractivity contribution >= 4 is 29.5 Å². The second-order valence-corrected chi connectivity index (χ2v) is 11.7. The van der Waals surface area contributed by atoms with Crippen molar-refractivity contribution in [1.29, 1.82) is 0 Å². The smallest absolute Gasteiger partial charge is 0.270 e. The highest BCUT2D eigenvalue weighted by molar-refractivity contribution is 7.80. The number of rotatable bonds is 4. The van der Waals surface area contributed by atoms with Gasteiger partial charge in [-0.25, -0.2) is 15.0 Å². The topological polar surface area (TPSA) is 59.0 Å². The van der Waals surface area contributed by atoms with Crippen molar-refractivity contribution in [1.82, 2.24) is 15.0 Å². The van der Waals surface area contributed by atoms with Gasteiger partial charge in [0.2, 0.25) is 5.57 Å². The first kappa shape index (κ1) is 23.3. The first-order chi connectivity index (χ1) is 19.2. The summed E-state index contributed by atoms with van der Waals surface area (Å²) in [5.74, 6) is 0.970. The Kier molecular flexibility index (Phi) is 5.65. The molecule has 6 aromatic rings. The van der Waals surface area contributed by atoms with E-state index in [-0.39, 0.29) is 5.57 Å². The van der Waals surface area contributed by atoms with E-state index in [9.17, 15) is 0 Å². The molecule has 0 aliphatic carbocycles. The van der Waals surface area contributed by atoms with E-state index in [1.165, 1.54) is 0 Å². The molecule has 0 saturated heterocycles. The molecule has 1 aromatic heterocycles. The van der Waals surface area contributed by atoms with Crippen molar-refractivity contribution in [2.45, 2.75) is 0 Å². The van der Waals surface area contributed by atoms with Crippen LogP contribution in [-0.4, -0.2) is 15.0 Å². The Balaban J connectivity index is 1.57. The van der Waals surface area contributed by atoms with Gasteiger partial charge in [-0.2, -0.15) is 0 Å². The van der Waals surface area contributed by atoms with E-state index in [4.69, 9.17) is 15.0 Å². The predicted octanol–water partition coefficient (Wildman–Crippen LogP) is 7.25. The van der Waals surface area contributed by atoms with Crippen molar-refractivity contribution < 1.29 is 4.57 Å². The van der Waals surface area contributed by atoms with E-state index < -0.39 is 7.29 Å². The molecule has 0 spiro atoms. The third kappa shape index (κ3) is 3.87. The number of anilines is 2. The zero-order chi connectivity index (χ0) is 26.2. The molecule has 1 aliphatic rings. The Labute approximate surface area is 226 Å². The molecule has 1 unspecified atom stereocenters. The van der Waals surface area contributed by atoms with Crippen LogP contribution in [0.2, 0.25) is 0 Å². The molecule has 5 aromatic carbocycles. The molecule has 6 heteroatoms. The van der Waals surface area contributed by atoms with E-state index in [0.29, 0.717) is 17.0 Å². The van der Waals surface area contributed by atoms with Gasteiger partial charge in [0, 0.05) is 27.7 Å². The van der Waals surface area contributed by atoms with Crippen LogP contribution in [0.4, 0.5) is 11.4 Å². The molecule has 0 N–H and O–H groups in total. The van der Waals surface area contributed by atoms with Crippen LogP contribution in [-0.2, 0) is 4.57 Å². The monoisotopic (exact) mass is 522 g/mol. The third-order valence-corrected chi connectivity index (χ3v) is 9.69. The Morgan fingerprint density at radius 1 is 0.487 bits per heavy atom. The number of hydrogen-bond donors (Lipinski definition) is 0. The second-order valence-electron chi connectivity index (χ2n) is 9.27. The highest BCUT2D eigenvalue weighted by atomic mass is 31.2. The van der Waals surface area contributed by atoms with E-state index in [0.717, 1.165) is 33.6 Å². The van der Waals surface area contributed by atoms with Crippen molar-refractivity contribution in [2.75, 3.05) is 4.67 Å². The minimum Gasteiger partial charge on any atom is -0.286 e. The molecular formula is C33H23N4OP. The molecule has 0 amide bonds. The summed E-state index contributed by atoms with van der Waals surface area (Å²) in [6.07, 6.45) is 0. The van der Waals surface area contributed by atoms with Crippen LogP contribution >= 0.6 is 7.29 Å². The Morgan fingerprint density at radius 2 is 0.974 bits per heavy atom. The minimum absolute atomic E-state index is 0.251. The lowest BCUT2D eigenvalue weighted by molar-refractivity contribution is 0.585. The van der Waals surface area contributed by atoms with Crippen LogP contribution in [0.5, 0.6) is 0 Å². The molecule has 0 radical (unpaired) electrons. The SMILES string of the molecule is O=P1(c2nc(-c3ccccc3)nc(-c3ccccc3)n2)c2ccccc2-c2ccccc2N1c1ccccc1. The second kappa shape index (κ2) is 9.46. The summed E-state index contributed by atoms with van der Waals surface area (Å²) in [4.78, 5) is 14.7. The van der Waals surface area contributed by atoms with Gasteiger partial charge in [0.15, 0.2) is 11.6 Å². The minimum atomic E-state index is -3.64. The van der Waals surface area contributed by atoms with Crippen LogP contribution in [0.25, 0.3) is 33.9 Å². The van der Waals surface area contributed by atoms with Crippen molar-refractivity contribution in [3.05, 3.63) is 140 Å². The molecule has 39 heavy (non-hydrogen) atoms.